The minimum Gasteiger partial charge on any atom is -0.375 e. The van der Waals surface area contributed by atoms with Crippen LogP contribution in [0.15, 0.2) is 33.8 Å². The van der Waals surface area contributed by atoms with E-state index in [2.05, 4.69) is 27.3 Å². The highest BCUT2D eigenvalue weighted by molar-refractivity contribution is 14.0. The molecule has 2 atom stereocenters. The SMILES string of the molecule is CCNC(=NCCc1nc(-c2ccc(Cl)cc2)no1)N1CCOC(C2CCCO2)C1.I. The van der Waals surface area contributed by atoms with Gasteiger partial charge in [0.15, 0.2) is 5.96 Å². The molecule has 1 N–H and O–H groups in total. The van der Waals surface area contributed by atoms with Crippen molar-refractivity contribution in [2.75, 3.05) is 39.4 Å². The lowest BCUT2D eigenvalue weighted by molar-refractivity contribution is -0.0817. The third-order valence-corrected chi connectivity index (χ3v) is 5.52. The van der Waals surface area contributed by atoms with Crippen LogP contribution >= 0.6 is 35.6 Å². The van der Waals surface area contributed by atoms with Gasteiger partial charge in [0.05, 0.1) is 19.3 Å². The second-order valence-electron chi connectivity index (χ2n) is 7.41. The van der Waals surface area contributed by atoms with Gasteiger partial charge in [0.1, 0.15) is 6.10 Å². The molecule has 170 valence electrons. The molecule has 2 aliphatic heterocycles. The summed E-state index contributed by atoms with van der Waals surface area (Å²) in [7, 11) is 0. The molecule has 3 heterocycles. The van der Waals surface area contributed by atoms with Crippen LogP contribution in [0.5, 0.6) is 0 Å². The quantitative estimate of drug-likeness (QED) is 0.329. The zero-order valence-corrected chi connectivity index (χ0v) is 20.7. The molecular weight excluding hydrogens is 533 g/mol. The number of hydrogen-bond donors (Lipinski definition) is 1. The zero-order valence-electron chi connectivity index (χ0n) is 17.6. The third-order valence-electron chi connectivity index (χ3n) is 5.27. The molecule has 2 aliphatic rings. The highest BCUT2D eigenvalue weighted by atomic mass is 127. The van der Waals surface area contributed by atoms with Crippen molar-refractivity contribution in [3.8, 4) is 11.4 Å². The van der Waals surface area contributed by atoms with E-state index in [0.29, 0.717) is 36.3 Å². The van der Waals surface area contributed by atoms with Crippen LogP contribution in [0.4, 0.5) is 0 Å². The van der Waals surface area contributed by atoms with Crippen molar-refractivity contribution in [3.05, 3.63) is 35.2 Å². The fourth-order valence-corrected chi connectivity index (χ4v) is 3.87. The summed E-state index contributed by atoms with van der Waals surface area (Å²) in [5, 5.41) is 8.12. The van der Waals surface area contributed by atoms with Crippen molar-refractivity contribution >= 4 is 41.5 Å². The first-order valence-electron chi connectivity index (χ1n) is 10.6. The number of ether oxygens (including phenoxy) is 2. The number of benzene rings is 1. The smallest absolute Gasteiger partial charge is 0.228 e. The van der Waals surface area contributed by atoms with Gasteiger partial charge in [-0.2, -0.15) is 4.98 Å². The van der Waals surface area contributed by atoms with Gasteiger partial charge in [-0.3, -0.25) is 4.99 Å². The standard InChI is InChI=1S/C21H28ClN5O3.HI/c1-2-23-21(27-11-13-29-18(14-27)17-4-3-12-28-17)24-10-9-19-25-20(26-30-19)15-5-7-16(22)8-6-15;/h5-8,17-18H,2-4,9-14H2,1H3,(H,23,24);1H. The molecular formula is C21H29ClIN5O3. The summed E-state index contributed by atoms with van der Waals surface area (Å²) < 4.78 is 17.2. The fourth-order valence-electron chi connectivity index (χ4n) is 3.74. The molecule has 2 saturated heterocycles. The van der Waals surface area contributed by atoms with E-state index in [1.54, 1.807) is 0 Å². The molecule has 31 heavy (non-hydrogen) atoms. The number of halogens is 2. The molecule has 0 radical (unpaired) electrons. The summed E-state index contributed by atoms with van der Waals surface area (Å²) in [6, 6.07) is 7.38. The summed E-state index contributed by atoms with van der Waals surface area (Å²) in [6.07, 6.45) is 3.05. The Bertz CT molecular complexity index is 842. The van der Waals surface area contributed by atoms with E-state index in [1.807, 2.05) is 24.3 Å². The van der Waals surface area contributed by atoms with Gasteiger partial charge in [-0.05, 0) is 44.0 Å². The van der Waals surface area contributed by atoms with Gasteiger partial charge in [-0.15, -0.1) is 24.0 Å². The largest absolute Gasteiger partial charge is 0.375 e. The Labute approximate surface area is 204 Å². The molecule has 0 aliphatic carbocycles. The summed E-state index contributed by atoms with van der Waals surface area (Å²) >= 11 is 5.93. The topological polar surface area (TPSA) is 85.0 Å². The monoisotopic (exact) mass is 561 g/mol. The number of morpholine rings is 1. The number of aliphatic imine (C=N–C) groups is 1. The predicted molar refractivity (Wildman–Crippen MR) is 130 cm³/mol. The Morgan fingerprint density at radius 3 is 2.77 bits per heavy atom. The second kappa shape index (κ2) is 12.0. The van der Waals surface area contributed by atoms with Gasteiger partial charge < -0.3 is 24.2 Å². The van der Waals surface area contributed by atoms with Crippen LogP contribution < -0.4 is 5.32 Å². The van der Waals surface area contributed by atoms with Crippen LogP contribution in [0.25, 0.3) is 11.4 Å². The zero-order chi connectivity index (χ0) is 20.8. The maximum atomic E-state index is 5.96. The highest BCUT2D eigenvalue weighted by Gasteiger charge is 2.32. The Morgan fingerprint density at radius 2 is 2.03 bits per heavy atom. The summed E-state index contributed by atoms with van der Waals surface area (Å²) in [5.41, 5.74) is 0.875. The molecule has 10 heteroatoms. The maximum absolute atomic E-state index is 5.96. The van der Waals surface area contributed by atoms with Gasteiger partial charge >= 0.3 is 0 Å². The van der Waals surface area contributed by atoms with E-state index >= 15 is 0 Å². The van der Waals surface area contributed by atoms with E-state index < -0.39 is 0 Å². The number of rotatable bonds is 6. The lowest BCUT2D eigenvalue weighted by atomic mass is 10.1. The first kappa shape index (κ1) is 24.2. The minimum absolute atomic E-state index is 0. The minimum atomic E-state index is 0. The van der Waals surface area contributed by atoms with Gasteiger partial charge in [-0.1, -0.05) is 16.8 Å². The van der Waals surface area contributed by atoms with Gasteiger partial charge in [-0.25, -0.2) is 0 Å². The predicted octanol–water partition coefficient (Wildman–Crippen LogP) is 3.40. The normalized spacial score (nSPS) is 21.7. The maximum Gasteiger partial charge on any atom is 0.228 e. The summed E-state index contributed by atoms with van der Waals surface area (Å²) in [5.74, 6) is 2.02. The average molecular weight is 562 g/mol. The molecule has 8 nitrogen and oxygen atoms in total. The van der Waals surface area contributed by atoms with Crippen LogP contribution in [0.3, 0.4) is 0 Å². The van der Waals surface area contributed by atoms with E-state index in [9.17, 15) is 0 Å². The van der Waals surface area contributed by atoms with Gasteiger partial charge in [0, 0.05) is 43.2 Å². The van der Waals surface area contributed by atoms with Crippen LogP contribution in [0.2, 0.25) is 5.02 Å². The van der Waals surface area contributed by atoms with Crippen molar-refractivity contribution in [1.82, 2.24) is 20.4 Å². The number of nitrogens with zero attached hydrogens (tertiary/aromatic N) is 4. The van der Waals surface area contributed by atoms with E-state index in [1.165, 1.54) is 0 Å². The molecule has 4 rings (SSSR count). The van der Waals surface area contributed by atoms with Crippen LogP contribution in [0, 0.1) is 0 Å². The van der Waals surface area contributed by atoms with Crippen LogP contribution in [-0.4, -0.2) is 72.6 Å². The fraction of sp³-hybridized carbons (Fsp3) is 0.571. The molecule has 0 spiro atoms. The summed E-state index contributed by atoms with van der Waals surface area (Å²) in [4.78, 5) is 11.5. The third kappa shape index (κ3) is 6.53. The number of hydrogen-bond acceptors (Lipinski definition) is 6. The molecule has 0 amide bonds. The Morgan fingerprint density at radius 1 is 1.23 bits per heavy atom. The molecule has 1 aromatic heterocycles. The lowest BCUT2D eigenvalue weighted by Gasteiger charge is -2.37. The summed E-state index contributed by atoms with van der Waals surface area (Å²) in [6.45, 7) is 6.57. The van der Waals surface area contributed by atoms with Crippen molar-refractivity contribution in [2.24, 2.45) is 4.99 Å². The first-order chi connectivity index (χ1) is 14.7. The van der Waals surface area contributed by atoms with E-state index in [-0.39, 0.29) is 36.2 Å². The average Bonchev–Trinajstić information content (AvgIpc) is 3.46. The van der Waals surface area contributed by atoms with Crippen molar-refractivity contribution in [3.63, 3.8) is 0 Å². The second-order valence-corrected chi connectivity index (χ2v) is 7.85. The highest BCUT2D eigenvalue weighted by Crippen LogP contribution is 2.21. The van der Waals surface area contributed by atoms with Crippen molar-refractivity contribution in [2.45, 2.75) is 38.4 Å². The van der Waals surface area contributed by atoms with Gasteiger partial charge in [0.2, 0.25) is 11.7 Å². The van der Waals surface area contributed by atoms with Crippen molar-refractivity contribution < 1.29 is 14.0 Å². The molecule has 2 fully saturated rings. The molecule has 2 unspecified atom stereocenters. The molecule has 0 saturated carbocycles. The van der Waals surface area contributed by atoms with E-state index in [0.717, 1.165) is 50.6 Å². The van der Waals surface area contributed by atoms with Crippen LogP contribution in [0.1, 0.15) is 25.7 Å². The Hall–Kier alpha value is -1.43. The number of aromatic nitrogens is 2. The molecule has 2 aromatic rings. The Kier molecular flexibility index (Phi) is 9.36. The molecule has 0 bridgehead atoms. The van der Waals surface area contributed by atoms with Crippen molar-refractivity contribution in [1.29, 1.82) is 0 Å². The molecule has 1 aromatic carbocycles. The Balaban J connectivity index is 0.00000272. The van der Waals surface area contributed by atoms with E-state index in [4.69, 9.17) is 30.6 Å². The van der Waals surface area contributed by atoms with Gasteiger partial charge in [0.25, 0.3) is 0 Å². The first-order valence-corrected chi connectivity index (χ1v) is 11.0. The van der Waals surface area contributed by atoms with Crippen LogP contribution in [-0.2, 0) is 15.9 Å². The number of guanidine groups is 1. The number of nitrogens with one attached hydrogen (secondary N) is 1. The lowest BCUT2D eigenvalue weighted by Crippen LogP contribution is -2.53.